The van der Waals surface area contributed by atoms with Gasteiger partial charge in [-0.15, -0.1) is 0 Å². The molecule has 2 N–H and O–H groups in total. The Morgan fingerprint density at radius 1 is 1.40 bits per heavy atom. The summed E-state index contributed by atoms with van der Waals surface area (Å²) in [6.07, 6.45) is 5.33. The monoisotopic (exact) mass is 202 g/mol. The smallest absolute Gasteiger partial charge is 0.0925 e. The Morgan fingerprint density at radius 2 is 2.27 bits per heavy atom. The first-order valence-electron chi connectivity index (χ1n) is 4.90. The summed E-state index contributed by atoms with van der Waals surface area (Å²) < 4.78 is 0. The molecule has 78 valence electrons. The van der Waals surface area contributed by atoms with Gasteiger partial charge in [0.25, 0.3) is 0 Å². The summed E-state index contributed by atoms with van der Waals surface area (Å²) >= 11 is 0. The molecule has 2 aromatic rings. The fourth-order valence-electron chi connectivity index (χ4n) is 1.39. The highest BCUT2D eigenvalue weighted by atomic mass is 15.0. The van der Waals surface area contributed by atoms with Gasteiger partial charge in [0, 0.05) is 11.9 Å². The van der Waals surface area contributed by atoms with E-state index in [1.807, 2.05) is 19.2 Å². The lowest BCUT2D eigenvalue weighted by atomic mass is 10.2. The van der Waals surface area contributed by atoms with Crippen molar-refractivity contribution in [3.63, 3.8) is 0 Å². The fourth-order valence-corrected chi connectivity index (χ4v) is 1.39. The number of nitrogens with one attached hydrogen (secondary N) is 2. The average molecular weight is 202 g/mol. The molecule has 0 aromatic carbocycles. The van der Waals surface area contributed by atoms with Gasteiger partial charge in [-0.1, -0.05) is 0 Å². The van der Waals surface area contributed by atoms with Gasteiger partial charge in [-0.2, -0.15) is 0 Å². The molecular formula is C11H14N4. The summed E-state index contributed by atoms with van der Waals surface area (Å²) in [6.45, 7) is 4.80. The molecular weight excluding hydrogens is 188 g/mol. The van der Waals surface area contributed by atoms with Crippen LogP contribution in [0.25, 0.3) is 0 Å². The molecule has 0 bridgehead atoms. The Morgan fingerprint density at radius 3 is 2.93 bits per heavy atom. The Labute approximate surface area is 88.8 Å². The molecule has 0 fully saturated rings. The Kier molecular flexibility index (Phi) is 2.67. The number of hydrogen-bond acceptors (Lipinski definition) is 3. The topological polar surface area (TPSA) is 53.6 Å². The van der Waals surface area contributed by atoms with Gasteiger partial charge in [0.05, 0.1) is 30.5 Å². The van der Waals surface area contributed by atoms with Crippen LogP contribution in [-0.4, -0.2) is 15.0 Å². The van der Waals surface area contributed by atoms with E-state index >= 15 is 0 Å². The van der Waals surface area contributed by atoms with Crippen molar-refractivity contribution < 1.29 is 0 Å². The fraction of sp³-hybridized carbons (Fsp3) is 0.273. The van der Waals surface area contributed by atoms with Gasteiger partial charge in [-0.25, -0.2) is 4.98 Å². The third kappa shape index (κ3) is 2.15. The lowest BCUT2D eigenvalue weighted by Crippen LogP contribution is -2.02. The number of hydrogen-bond donors (Lipinski definition) is 2. The zero-order valence-electron chi connectivity index (χ0n) is 8.91. The largest absolute Gasteiger partial charge is 0.378 e. The highest BCUT2D eigenvalue weighted by Gasteiger charge is 2.01. The molecule has 0 aliphatic heterocycles. The van der Waals surface area contributed by atoms with Gasteiger partial charge in [-0.3, -0.25) is 4.98 Å². The van der Waals surface area contributed by atoms with Crippen LogP contribution in [0.3, 0.4) is 0 Å². The van der Waals surface area contributed by atoms with Crippen LogP contribution in [0.2, 0.25) is 0 Å². The van der Waals surface area contributed by atoms with Crippen molar-refractivity contribution >= 4 is 5.69 Å². The SMILES string of the molecule is Cc1ccncc1NCc1nc[nH]c1C. The standard InChI is InChI=1S/C11H14N4/c1-8-3-4-12-5-10(8)13-6-11-9(2)14-7-15-11/h3-5,7,13H,6H2,1-2H3,(H,14,15). The van der Waals surface area contributed by atoms with Crippen LogP contribution in [0.5, 0.6) is 0 Å². The van der Waals surface area contributed by atoms with Crippen molar-refractivity contribution in [3.05, 3.63) is 41.7 Å². The number of pyridine rings is 1. The minimum Gasteiger partial charge on any atom is -0.378 e. The van der Waals surface area contributed by atoms with E-state index in [1.165, 1.54) is 5.56 Å². The summed E-state index contributed by atoms with van der Waals surface area (Å²) in [7, 11) is 0. The summed E-state index contributed by atoms with van der Waals surface area (Å²) in [4.78, 5) is 11.4. The predicted molar refractivity (Wildman–Crippen MR) is 59.6 cm³/mol. The first-order chi connectivity index (χ1) is 7.27. The number of H-pyrrole nitrogens is 1. The quantitative estimate of drug-likeness (QED) is 0.800. The molecule has 0 radical (unpaired) electrons. The number of rotatable bonds is 3. The van der Waals surface area contributed by atoms with E-state index in [9.17, 15) is 0 Å². The van der Waals surface area contributed by atoms with Crippen molar-refractivity contribution in [2.75, 3.05) is 5.32 Å². The Balaban J connectivity index is 2.06. The van der Waals surface area contributed by atoms with Crippen LogP contribution in [0.1, 0.15) is 17.0 Å². The molecule has 0 amide bonds. The van der Waals surface area contributed by atoms with Crippen molar-refractivity contribution in [1.82, 2.24) is 15.0 Å². The minimum atomic E-state index is 0.724. The molecule has 15 heavy (non-hydrogen) atoms. The van der Waals surface area contributed by atoms with E-state index < -0.39 is 0 Å². The third-order valence-corrected chi connectivity index (χ3v) is 2.42. The molecule has 0 aliphatic rings. The molecule has 0 aliphatic carbocycles. The first kappa shape index (κ1) is 9.71. The number of aromatic amines is 1. The normalized spacial score (nSPS) is 10.3. The van der Waals surface area contributed by atoms with Crippen LogP contribution in [0, 0.1) is 13.8 Å². The third-order valence-electron chi connectivity index (χ3n) is 2.42. The number of anilines is 1. The molecule has 4 heteroatoms. The van der Waals surface area contributed by atoms with Gasteiger partial charge >= 0.3 is 0 Å². The lowest BCUT2D eigenvalue weighted by molar-refractivity contribution is 1.04. The number of imidazole rings is 1. The van der Waals surface area contributed by atoms with Gasteiger partial charge in [-0.05, 0) is 25.5 Å². The van der Waals surface area contributed by atoms with E-state index in [0.29, 0.717) is 0 Å². The summed E-state index contributed by atoms with van der Waals surface area (Å²) in [5, 5.41) is 3.31. The second kappa shape index (κ2) is 4.13. The Bertz CT molecular complexity index is 447. The minimum absolute atomic E-state index is 0.724. The lowest BCUT2D eigenvalue weighted by Gasteiger charge is -2.07. The van der Waals surface area contributed by atoms with Crippen LogP contribution in [0.4, 0.5) is 5.69 Å². The second-order valence-corrected chi connectivity index (χ2v) is 3.52. The van der Waals surface area contributed by atoms with Gasteiger partial charge < -0.3 is 10.3 Å². The summed E-state index contributed by atoms with van der Waals surface area (Å²) in [5.41, 5.74) is 4.39. The van der Waals surface area contributed by atoms with E-state index in [0.717, 1.165) is 23.6 Å². The maximum atomic E-state index is 4.22. The molecule has 4 nitrogen and oxygen atoms in total. The second-order valence-electron chi connectivity index (χ2n) is 3.52. The highest BCUT2D eigenvalue weighted by molar-refractivity contribution is 5.48. The predicted octanol–water partition coefficient (Wildman–Crippen LogP) is 2.03. The summed E-state index contributed by atoms with van der Waals surface area (Å²) in [5.74, 6) is 0. The molecule has 0 saturated carbocycles. The van der Waals surface area contributed by atoms with Crippen LogP contribution >= 0.6 is 0 Å². The van der Waals surface area contributed by atoms with Crippen molar-refractivity contribution in [1.29, 1.82) is 0 Å². The molecule has 2 heterocycles. The molecule has 0 saturated heterocycles. The number of nitrogens with zero attached hydrogens (tertiary/aromatic N) is 2. The van der Waals surface area contributed by atoms with Gasteiger partial charge in [0.15, 0.2) is 0 Å². The molecule has 2 rings (SSSR count). The maximum Gasteiger partial charge on any atom is 0.0925 e. The van der Waals surface area contributed by atoms with Gasteiger partial charge in [0.2, 0.25) is 0 Å². The molecule has 0 unspecified atom stereocenters. The van der Waals surface area contributed by atoms with Crippen LogP contribution in [-0.2, 0) is 6.54 Å². The average Bonchev–Trinajstić information content (AvgIpc) is 2.63. The van der Waals surface area contributed by atoms with E-state index in [2.05, 4.69) is 27.2 Å². The van der Waals surface area contributed by atoms with E-state index in [4.69, 9.17) is 0 Å². The number of aromatic nitrogens is 3. The molecule has 0 spiro atoms. The van der Waals surface area contributed by atoms with Crippen molar-refractivity contribution in [2.24, 2.45) is 0 Å². The van der Waals surface area contributed by atoms with Crippen LogP contribution < -0.4 is 5.32 Å². The molecule has 2 aromatic heterocycles. The van der Waals surface area contributed by atoms with Crippen LogP contribution in [0.15, 0.2) is 24.8 Å². The zero-order chi connectivity index (χ0) is 10.7. The molecule has 0 atom stereocenters. The van der Waals surface area contributed by atoms with E-state index in [1.54, 1.807) is 12.5 Å². The first-order valence-corrected chi connectivity index (χ1v) is 4.90. The van der Waals surface area contributed by atoms with E-state index in [-0.39, 0.29) is 0 Å². The summed E-state index contributed by atoms with van der Waals surface area (Å²) in [6, 6.07) is 1.99. The van der Waals surface area contributed by atoms with Gasteiger partial charge in [0.1, 0.15) is 0 Å². The maximum absolute atomic E-state index is 4.22. The van der Waals surface area contributed by atoms with Crippen molar-refractivity contribution in [2.45, 2.75) is 20.4 Å². The van der Waals surface area contributed by atoms with Crippen molar-refractivity contribution in [3.8, 4) is 0 Å². The number of aryl methyl sites for hydroxylation is 2. The highest BCUT2D eigenvalue weighted by Crippen LogP contribution is 2.12. The zero-order valence-corrected chi connectivity index (χ0v) is 8.91. The Hall–Kier alpha value is -1.84.